The summed E-state index contributed by atoms with van der Waals surface area (Å²) in [4.78, 5) is 0. The number of benzene rings is 1. The minimum Gasteiger partial charge on any atom is -0.310 e. The van der Waals surface area contributed by atoms with E-state index in [9.17, 15) is 0 Å². The van der Waals surface area contributed by atoms with Gasteiger partial charge in [0.05, 0.1) is 5.02 Å². The molecule has 1 saturated carbocycles. The monoisotopic (exact) mass is 329 g/mol. The van der Waals surface area contributed by atoms with E-state index in [2.05, 4.69) is 46.4 Å². The van der Waals surface area contributed by atoms with Crippen LogP contribution in [-0.2, 0) is 0 Å². The van der Waals surface area contributed by atoms with Crippen molar-refractivity contribution < 1.29 is 0 Å². The molecule has 0 bridgehead atoms. The molecule has 1 unspecified atom stereocenters. The average molecular weight is 331 g/mol. The van der Waals surface area contributed by atoms with Crippen molar-refractivity contribution in [1.82, 2.24) is 5.32 Å². The molecule has 1 N–H and O–H groups in total. The van der Waals surface area contributed by atoms with Crippen LogP contribution < -0.4 is 5.32 Å². The maximum Gasteiger partial charge on any atom is 0.0551 e. The van der Waals surface area contributed by atoms with Crippen molar-refractivity contribution in [2.45, 2.75) is 45.1 Å². The van der Waals surface area contributed by atoms with Gasteiger partial charge in [0.1, 0.15) is 0 Å². The lowest BCUT2D eigenvalue weighted by atomic mass is 10.0. The van der Waals surface area contributed by atoms with Crippen LogP contribution >= 0.6 is 27.5 Å². The summed E-state index contributed by atoms with van der Waals surface area (Å²) >= 11 is 9.64. The van der Waals surface area contributed by atoms with Crippen LogP contribution in [0.2, 0.25) is 5.02 Å². The lowest BCUT2D eigenvalue weighted by molar-refractivity contribution is 0.470. The van der Waals surface area contributed by atoms with Crippen LogP contribution in [0.5, 0.6) is 0 Å². The van der Waals surface area contributed by atoms with Crippen LogP contribution in [-0.4, -0.2) is 6.54 Å². The molecule has 1 fully saturated rings. The number of rotatable bonds is 7. The third-order valence-electron chi connectivity index (χ3n) is 3.55. The molecule has 100 valence electrons. The molecule has 1 aromatic rings. The zero-order valence-corrected chi connectivity index (χ0v) is 13.2. The van der Waals surface area contributed by atoms with Crippen LogP contribution in [0.25, 0.3) is 0 Å². The van der Waals surface area contributed by atoms with Crippen LogP contribution in [0.15, 0.2) is 22.7 Å². The first kappa shape index (κ1) is 14.4. The molecule has 0 amide bonds. The molecule has 0 aliphatic heterocycles. The molecule has 18 heavy (non-hydrogen) atoms. The molecule has 2 rings (SSSR count). The van der Waals surface area contributed by atoms with Crippen molar-refractivity contribution in [3.05, 3.63) is 33.3 Å². The minimum atomic E-state index is 0.455. The van der Waals surface area contributed by atoms with Crippen LogP contribution in [0.3, 0.4) is 0 Å². The fourth-order valence-corrected chi connectivity index (χ4v) is 2.68. The van der Waals surface area contributed by atoms with E-state index in [0.29, 0.717) is 6.04 Å². The molecule has 1 atom stereocenters. The Balaban J connectivity index is 2.01. The van der Waals surface area contributed by atoms with Crippen LogP contribution in [0.4, 0.5) is 0 Å². The molecule has 0 saturated heterocycles. The quantitative estimate of drug-likeness (QED) is 0.712. The fourth-order valence-electron chi connectivity index (χ4n) is 2.24. The smallest absolute Gasteiger partial charge is 0.0551 e. The summed E-state index contributed by atoms with van der Waals surface area (Å²) in [6, 6.07) is 6.77. The van der Waals surface area contributed by atoms with Crippen molar-refractivity contribution in [3.63, 3.8) is 0 Å². The summed E-state index contributed by atoms with van der Waals surface area (Å²) in [5.41, 5.74) is 1.32. The molecule has 3 heteroatoms. The molecule has 0 aromatic heterocycles. The lowest BCUT2D eigenvalue weighted by Crippen LogP contribution is -2.22. The first-order chi connectivity index (χ1) is 8.70. The molecule has 0 radical (unpaired) electrons. The van der Waals surface area contributed by atoms with E-state index in [-0.39, 0.29) is 0 Å². The molecule has 1 aromatic carbocycles. The highest BCUT2D eigenvalue weighted by molar-refractivity contribution is 9.10. The third-order valence-corrected chi connectivity index (χ3v) is 4.78. The zero-order chi connectivity index (χ0) is 13.0. The van der Waals surface area contributed by atoms with Crippen molar-refractivity contribution in [1.29, 1.82) is 0 Å². The molecular formula is C15H21BrClN. The summed E-state index contributed by atoms with van der Waals surface area (Å²) in [5.74, 6) is 0.988. The highest BCUT2D eigenvalue weighted by Gasteiger charge is 2.23. The van der Waals surface area contributed by atoms with Crippen LogP contribution in [0, 0.1) is 5.92 Å². The second kappa shape index (κ2) is 6.93. The first-order valence-electron chi connectivity index (χ1n) is 6.89. The van der Waals surface area contributed by atoms with Gasteiger partial charge >= 0.3 is 0 Å². The van der Waals surface area contributed by atoms with Crippen LogP contribution in [0.1, 0.15) is 50.6 Å². The van der Waals surface area contributed by atoms with Crippen molar-refractivity contribution in [3.8, 4) is 0 Å². The Morgan fingerprint density at radius 3 is 2.83 bits per heavy atom. The topological polar surface area (TPSA) is 12.0 Å². The second-order valence-corrected chi connectivity index (χ2v) is 6.46. The summed E-state index contributed by atoms with van der Waals surface area (Å²) in [5, 5.41) is 4.45. The highest BCUT2D eigenvalue weighted by Crippen LogP contribution is 2.36. The van der Waals surface area contributed by atoms with Gasteiger partial charge in [-0.1, -0.05) is 37.4 Å². The van der Waals surface area contributed by atoms with Gasteiger partial charge in [-0.2, -0.15) is 0 Å². The third kappa shape index (κ3) is 4.25. The number of nitrogens with one attached hydrogen (secondary N) is 1. The van der Waals surface area contributed by atoms with E-state index in [0.717, 1.165) is 22.0 Å². The van der Waals surface area contributed by atoms with Gasteiger partial charge in [-0.3, -0.25) is 0 Å². The Morgan fingerprint density at radius 1 is 1.44 bits per heavy atom. The Labute approximate surface area is 123 Å². The zero-order valence-electron chi connectivity index (χ0n) is 10.9. The molecule has 1 aliphatic carbocycles. The van der Waals surface area contributed by atoms with Crippen molar-refractivity contribution >= 4 is 27.5 Å². The Bertz CT molecular complexity index is 390. The predicted molar refractivity (Wildman–Crippen MR) is 82.1 cm³/mol. The number of halogens is 2. The van der Waals surface area contributed by atoms with Gasteiger partial charge in [-0.05, 0) is 65.4 Å². The Kier molecular flexibility index (Phi) is 5.53. The average Bonchev–Trinajstić information content (AvgIpc) is 3.17. The van der Waals surface area contributed by atoms with Gasteiger partial charge in [0.2, 0.25) is 0 Å². The number of hydrogen-bond acceptors (Lipinski definition) is 1. The van der Waals surface area contributed by atoms with E-state index in [1.54, 1.807) is 0 Å². The molecule has 0 spiro atoms. The Hall–Kier alpha value is -0.0500. The lowest BCUT2D eigenvalue weighted by Gasteiger charge is -2.19. The number of hydrogen-bond donors (Lipinski definition) is 1. The summed E-state index contributed by atoms with van der Waals surface area (Å²) in [6.07, 6.45) is 6.60. The van der Waals surface area contributed by atoms with Gasteiger partial charge in [-0.15, -0.1) is 0 Å². The predicted octanol–water partition coefficient (Wildman–Crippen LogP) is 5.33. The van der Waals surface area contributed by atoms with Gasteiger partial charge in [-0.25, -0.2) is 0 Å². The molecule has 1 aliphatic rings. The van der Waals surface area contributed by atoms with E-state index >= 15 is 0 Å². The van der Waals surface area contributed by atoms with E-state index in [1.807, 2.05) is 0 Å². The summed E-state index contributed by atoms with van der Waals surface area (Å²) in [6.45, 7) is 3.28. The van der Waals surface area contributed by atoms with E-state index in [1.165, 1.54) is 37.7 Å². The molecule has 1 nitrogen and oxygen atoms in total. The van der Waals surface area contributed by atoms with E-state index in [4.69, 9.17) is 11.6 Å². The first-order valence-corrected chi connectivity index (χ1v) is 8.06. The second-order valence-electron chi connectivity index (χ2n) is 5.20. The Morgan fingerprint density at radius 2 is 2.22 bits per heavy atom. The van der Waals surface area contributed by atoms with Crippen molar-refractivity contribution in [2.24, 2.45) is 5.92 Å². The van der Waals surface area contributed by atoms with Gasteiger partial charge in [0, 0.05) is 10.5 Å². The fraction of sp³-hybridized carbons (Fsp3) is 0.600. The van der Waals surface area contributed by atoms with Gasteiger partial charge in [0.25, 0.3) is 0 Å². The van der Waals surface area contributed by atoms with Crippen molar-refractivity contribution in [2.75, 3.05) is 6.54 Å². The van der Waals surface area contributed by atoms with Gasteiger partial charge < -0.3 is 5.32 Å². The largest absolute Gasteiger partial charge is 0.310 e. The normalized spacial score (nSPS) is 16.8. The summed E-state index contributed by atoms with van der Waals surface area (Å²) in [7, 11) is 0. The SMILES string of the molecule is CCCNC(CCC1CC1)c1ccc(Br)c(Cl)c1. The summed E-state index contributed by atoms with van der Waals surface area (Å²) < 4.78 is 0.976. The standard InChI is InChI=1S/C15H21BrClN/c1-2-9-18-15(8-5-11-3-4-11)12-6-7-13(16)14(17)10-12/h6-7,10-11,15,18H,2-5,8-9H2,1H3. The van der Waals surface area contributed by atoms with Gasteiger partial charge in [0.15, 0.2) is 0 Å². The molecule has 0 heterocycles. The van der Waals surface area contributed by atoms with E-state index < -0.39 is 0 Å². The maximum atomic E-state index is 6.19. The highest BCUT2D eigenvalue weighted by atomic mass is 79.9. The maximum absolute atomic E-state index is 6.19. The minimum absolute atomic E-state index is 0.455. The molecular weight excluding hydrogens is 310 g/mol.